The van der Waals surface area contributed by atoms with E-state index in [0.29, 0.717) is 28.6 Å². The maximum atomic E-state index is 12.3. The van der Waals surface area contributed by atoms with Crippen LogP contribution in [0.1, 0.15) is 46.0 Å². The number of aliphatic hydroxyl groups excluding tert-OH is 1. The predicted molar refractivity (Wildman–Crippen MR) is 96.8 cm³/mol. The number of aliphatic hydroxyl groups is 1. The van der Waals surface area contributed by atoms with Gasteiger partial charge in [0.25, 0.3) is 5.56 Å². The van der Waals surface area contributed by atoms with Gasteiger partial charge >= 0.3 is 5.69 Å². The largest absolute Gasteiger partial charge is 0.393 e. The van der Waals surface area contributed by atoms with Gasteiger partial charge in [0.05, 0.1) is 6.10 Å². The van der Waals surface area contributed by atoms with Crippen molar-refractivity contribution in [1.29, 1.82) is 0 Å². The molecule has 7 nitrogen and oxygen atoms in total. The lowest BCUT2D eigenvalue weighted by Crippen LogP contribution is -2.29. The molecule has 0 spiro atoms. The van der Waals surface area contributed by atoms with E-state index < -0.39 is 17.4 Å². The zero-order chi connectivity index (χ0) is 17.7. The van der Waals surface area contributed by atoms with Crippen LogP contribution in [0.15, 0.2) is 14.7 Å². The van der Waals surface area contributed by atoms with E-state index in [0.717, 1.165) is 12.8 Å². The molecule has 24 heavy (non-hydrogen) atoms. The Kier molecular flexibility index (Phi) is 6.68. The summed E-state index contributed by atoms with van der Waals surface area (Å²) in [7, 11) is 1.60. The Morgan fingerprint density at radius 1 is 1.25 bits per heavy atom. The third-order valence-electron chi connectivity index (χ3n) is 3.91. The van der Waals surface area contributed by atoms with Gasteiger partial charge in [-0.2, -0.15) is 0 Å². The second kappa shape index (κ2) is 8.53. The van der Waals surface area contributed by atoms with Crippen LogP contribution in [0.4, 0.5) is 0 Å². The molecule has 0 saturated heterocycles. The van der Waals surface area contributed by atoms with Crippen molar-refractivity contribution >= 4 is 22.9 Å². The number of hydrogen-bond donors (Lipinski definition) is 2. The first-order valence-electron chi connectivity index (χ1n) is 8.46. The second-order valence-electron chi connectivity index (χ2n) is 6.11. The molecule has 2 aromatic heterocycles. The van der Waals surface area contributed by atoms with Crippen LogP contribution in [0.5, 0.6) is 0 Å². The maximum absolute atomic E-state index is 12.3. The van der Waals surface area contributed by atoms with Gasteiger partial charge in [0.1, 0.15) is 0 Å². The molecule has 0 unspecified atom stereocenters. The lowest BCUT2D eigenvalue weighted by atomic mass is 10.1. The molecule has 0 aliphatic heterocycles. The number of aromatic amines is 1. The van der Waals surface area contributed by atoms with E-state index >= 15 is 0 Å². The fraction of sp³-hybridized carbons (Fsp3) is 0.688. The van der Waals surface area contributed by atoms with Crippen molar-refractivity contribution in [2.45, 2.75) is 63.8 Å². The van der Waals surface area contributed by atoms with Crippen molar-refractivity contribution < 1.29 is 5.11 Å². The second-order valence-corrected chi connectivity index (χ2v) is 7.10. The Morgan fingerprint density at radius 3 is 2.62 bits per heavy atom. The topological polar surface area (TPSA) is 92.9 Å². The number of fused-ring (bicyclic) bond motifs is 1. The zero-order valence-electron chi connectivity index (χ0n) is 14.5. The monoisotopic (exact) mass is 354 g/mol. The Morgan fingerprint density at radius 2 is 1.96 bits per heavy atom. The molecule has 1 atom stereocenters. The Labute approximate surface area is 145 Å². The standard InChI is InChI=1S/C16H26N4O3S/c1-4-5-6-7-8-9-20-12-13(17-16(20)24-10-11(2)21)19(3)15(23)18-14(12)22/h11,21H,4-10H2,1-3H3,(H,18,22,23)/t11-/m0/s1. The van der Waals surface area contributed by atoms with Gasteiger partial charge in [0.2, 0.25) is 0 Å². The Balaban J connectivity index is 2.36. The molecule has 8 heteroatoms. The number of H-pyrrole nitrogens is 1. The van der Waals surface area contributed by atoms with Crippen molar-refractivity contribution in [3.05, 3.63) is 20.8 Å². The first kappa shape index (κ1) is 18.8. The van der Waals surface area contributed by atoms with Gasteiger partial charge in [-0.15, -0.1) is 0 Å². The predicted octanol–water partition coefficient (Wildman–Crippen LogP) is 1.87. The summed E-state index contributed by atoms with van der Waals surface area (Å²) in [5.74, 6) is 0.491. The minimum Gasteiger partial charge on any atom is -0.393 e. The summed E-state index contributed by atoms with van der Waals surface area (Å²) >= 11 is 1.41. The molecule has 0 bridgehead atoms. The van der Waals surface area contributed by atoms with Crippen molar-refractivity contribution in [3.63, 3.8) is 0 Å². The summed E-state index contributed by atoms with van der Waals surface area (Å²) < 4.78 is 3.24. The molecule has 0 saturated carbocycles. The van der Waals surface area contributed by atoms with Gasteiger partial charge < -0.3 is 9.67 Å². The minimum absolute atomic E-state index is 0.394. The first-order chi connectivity index (χ1) is 11.5. The van der Waals surface area contributed by atoms with E-state index in [1.807, 2.05) is 4.57 Å². The molecular weight excluding hydrogens is 328 g/mol. The van der Waals surface area contributed by atoms with Gasteiger partial charge in [-0.25, -0.2) is 9.78 Å². The maximum Gasteiger partial charge on any atom is 0.329 e. The van der Waals surface area contributed by atoms with Crippen LogP contribution in [0.2, 0.25) is 0 Å². The molecule has 2 N–H and O–H groups in total. The number of aromatic nitrogens is 4. The molecule has 2 aromatic rings. The average Bonchev–Trinajstić information content (AvgIpc) is 2.90. The van der Waals surface area contributed by atoms with E-state index in [4.69, 9.17) is 0 Å². The quantitative estimate of drug-likeness (QED) is 0.530. The SMILES string of the molecule is CCCCCCCn1c(SC[C@H](C)O)nc2c1c(=O)[nH]c(=O)n2C. The molecule has 0 radical (unpaired) electrons. The number of thioether (sulfide) groups is 1. The molecular formula is C16H26N4O3S. The average molecular weight is 354 g/mol. The molecule has 0 aliphatic rings. The molecule has 0 amide bonds. The smallest absolute Gasteiger partial charge is 0.329 e. The molecule has 0 aliphatic carbocycles. The Hall–Kier alpha value is -1.54. The highest BCUT2D eigenvalue weighted by Gasteiger charge is 2.17. The normalized spacial score (nSPS) is 12.8. The van der Waals surface area contributed by atoms with Gasteiger partial charge in [-0.05, 0) is 13.3 Å². The molecule has 134 valence electrons. The lowest BCUT2D eigenvalue weighted by molar-refractivity contribution is 0.220. The van der Waals surface area contributed by atoms with Crippen LogP contribution in [-0.4, -0.2) is 36.1 Å². The van der Waals surface area contributed by atoms with Gasteiger partial charge in [0.15, 0.2) is 16.3 Å². The number of nitrogens with zero attached hydrogens (tertiary/aromatic N) is 3. The fourth-order valence-electron chi connectivity index (χ4n) is 2.60. The number of hydrogen-bond acceptors (Lipinski definition) is 5. The fourth-order valence-corrected chi connectivity index (χ4v) is 3.48. The van der Waals surface area contributed by atoms with Crippen LogP contribution in [-0.2, 0) is 13.6 Å². The summed E-state index contributed by atoms with van der Waals surface area (Å²) in [5, 5.41) is 10.2. The Bertz CT molecular complexity index is 791. The van der Waals surface area contributed by atoms with Gasteiger partial charge in [-0.3, -0.25) is 14.3 Å². The number of aryl methyl sites for hydroxylation is 2. The van der Waals surface area contributed by atoms with E-state index in [-0.39, 0.29) is 0 Å². The zero-order valence-corrected chi connectivity index (χ0v) is 15.4. The summed E-state index contributed by atoms with van der Waals surface area (Å²) in [6, 6.07) is 0. The molecule has 0 fully saturated rings. The van der Waals surface area contributed by atoms with Crippen LogP contribution in [0.3, 0.4) is 0 Å². The van der Waals surface area contributed by atoms with Crippen LogP contribution in [0, 0.1) is 0 Å². The van der Waals surface area contributed by atoms with Crippen molar-refractivity contribution in [2.24, 2.45) is 7.05 Å². The third kappa shape index (κ3) is 4.30. The van der Waals surface area contributed by atoms with Crippen molar-refractivity contribution in [3.8, 4) is 0 Å². The lowest BCUT2D eigenvalue weighted by Gasteiger charge is -2.09. The molecule has 0 aromatic carbocycles. The number of imidazole rings is 1. The van der Waals surface area contributed by atoms with E-state index in [1.165, 1.54) is 35.6 Å². The highest BCUT2D eigenvalue weighted by Crippen LogP contribution is 2.23. The van der Waals surface area contributed by atoms with E-state index in [1.54, 1.807) is 14.0 Å². The van der Waals surface area contributed by atoms with Crippen LogP contribution < -0.4 is 11.2 Å². The number of nitrogens with one attached hydrogen (secondary N) is 1. The molecule has 2 rings (SSSR count). The highest BCUT2D eigenvalue weighted by atomic mass is 32.2. The summed E-state index contributed by atoms with van der Waals surface area (Å²) in [6.07, 6.45) is 5.16. The van der Waals surface area contributed by atoms with Gasteiger partial charge in [-0.1, -0.05) is 44.4 Å². The van der Waals surface area contributed by atoms with E-state index in [9.17, 15) is 14.7 Å². The van der Waals surface area contributed by atoms with Crippen molar-refractivity contribution in [1.82, 2.24) is 19.1 Å². The summed E-state index contributed by atoms with van der Waals surface area (Å²) in [5.41, 5.74) is -0.0451. The molecule has 2 heterocycles. The first-order valence-corrected chi connectivity index (χ1v) is 9.44. The summed E-state index contributed by atoms with van der Waals surface area (Å²) in [4.78, 5) is 30.9. The number of rotatable bonds is 9. The third-order valence-corrected chi connectivity index (χ3v) is 5.13. The van der Waals surface area contributed by atoms with Crippen LogP contribution >= 0.6 is 11.8 Å². The van der Waals surface area contributed by atoms with E-state index in [2.05, 4.69) is 16.9 Å². The minimum atomic E-state index is -0.466. The van der Waals surface area contributed by atoms with Crippen molar-refractivity contribution in [2.75, 3.05) is 5.75 Å². The number of unbranched alkanes of at least 4 members (excludes halogenated alkanes) is 4. The summed E-state index contributed by atoms with van der Waals surface area (Å²) in [6.45, 7) is 4.57. The highest BCUT2D eigenvalue weighted by molar-refractivity contribution is 7.99. The van der Waals surface area contributed by atoms with Crippen LogP contribution in [0.25, 0.3) is 11.2 Å². The van der Waals surface area contributed by atoms with Gasteiger partial charge in [0, 0.05) is 19.3 Å².